The van der Waals surface area contributed by atoms with E-state index in [4.69, 9.17) is 0 Å². The van der Waals surface area contributed by atoms with Gasteiger partial charge in [0.25, 0.3) is 0 Å². The van der Waals surface area contributed by atoms with E-state index in [-0.39, 0.29) is 5.78 Å². The normalized spacial score (nSPS) is 8.69. The van der Waals surface area contributed by atoms with Gasteiger partial charge in [-0.15, -0.1) is 11.8 Å². The van der Waals surface area contributed by atoms with Crippen molar-refractivity contribution in [3.63, 3.8) is 0 Å². The highest BCUT2D eigenvalue weighted by Gasteiger charge is 2.04. The summed E-state index contributed by atoms with van der Waals surface area (Å²) in [6.45, 7) is 1.76. The Hall–Kier alpha value is -1.69. The Labute approximate surface area is 77.2 Å². The SMILES string of the molecule is CC#CCCC(=O)c1ccncn1. The van der Waals surface area contributed by atoms with Crippen molar-refractivity contribution in [1.82, 2.24) is 9.97 Å². The van der Waals surface area contributed by atoms with Crippen LogP contribution in [0.25, 0.3) is 0 Å². The maximum atomic E-state index is 11.4. The summed E-state index contributed by atoms with van der Waals surface area (Å²) in [5.41, 5.74) is 0.466. The molecule has 1 aromatic heterocycles. The fourth-order valence-electron chi connectivity index (χ4n) is 0.885. The van der Waals surface area contributed by atoms with E-state index in [0.717, 1.165) is 0 Å². The molecule has 0 saturated carbocycles. The lowest BCUT2D eigenvalue weighted by atomic mass is 10.1. The van der Waals surface area contributed by atoms with Crippen molar-refractivity contribution in [2.24, 2.45) is 0 Å². The van der Waals surface area contributed by atoms with Crippen LogP contribution < -0.4 is 0 Å². The molecule has 0 saturated heterocycles. The van der Waals surface area contributed by atoms with Gasteiger partial charge in [0, 0.05) is 19.0 Å². The Morgan fingerprint density at radius 3 is 3.08 bits per heavy atom. The first kappa shape index (κ1) is 9.40. The van der Waals surface area contributed by atoms with E-state index in [1.165, 1.54) is 6.33 Å². The number of Topliss-reactive ketones (excluding diaryl/α,β-unsaturated/α-hetero) is 1. The van der Waals surface area contributed by atoms with Gasteiger partial charge >= 0.3 is 0 Å². The zero-order valence-electron chi connectivity index (χ0n) is 7.45. The number of rotatable bonds is 3. The monoisotopic (exact) mass is 174 g/mol. The summed E-state index contributed by atoms with van der Waals surface area (Å²) in [4.78, 5) is 18.9. The minimum Gasteiger partial charge on any atom is -0.292 e. The van der Waals surface area contributed by atoms with Crippen LogP contribution in [0.2, 0.25) is 0 Å². The largest absolute Gasteiger partial charge is 0.292 e. The molecule has 0 atom stereocenters. The highest BCUT2D eigenvalue weighted by atomic mass is 16.1. The highest BCUT2D eigenvalue weighted by Crippen LogP contribution is 1.99. The molecule has 3 nitrogen and oxygen atoms in total. The molecule has 66 valence electrons. The second-order valence-electron chi connectivity index (χ2n) is 2.44. The van der Waals surface area contributed by atoms with Gasteiger partial charge in [-0.1, -0.05) is 0 Å². The molecule has 13 heavy (non-hydrogen) atoms. The van der Waals surface area contributed by atoms with Gasteiger partial charge in [-0.2, -0.15) is 0 Å². The third-order valence-electron chi connectivity index (χ3n) is 1.52. The molecule has 0 aliphatic heterocycles. The fourth-order valence-corrected chi connectivity index (χ4v) is 0.885. The maximum Gasteiger partial charge on any atom is 0.182 e. The second kappa shape index (κ2) is 5.04. The van der Waals surface area contributed by atoms with Crippen LogP contribution in [0.4, 0.5) is 0 Å². The van der Waals surface area contributed by atoms with Gasteiger partial charge in [0.05, 0.1) is 0 Å². The summed E-state index contributed by atoms with van der Waals surface area (Å²) in [7, 11) is 0. The van der Waals surface area contributed by atoms with Gasteiger partial charge in [0.2, 0.25) is 0 Å². The Kier molecular flexibility index (Phi) is 3.65. The first-order valence-corrected chi connectivity index (χ1v) is 4.03. The van der Waals surface area contributed by atoms with Gasteiger partial charge in [-0.25, -0.2) is 9.97 Å². The lowest BCUT2D eigenvalue weighted by molar-refractivity contribution is 0.0979. The number of carbonyl (C=O) groups excluding carboxylic acids is 1. The predicted octanol–water partition coefficient (Wildman–Crippen LogP) is 1.46. The van der Waals surface area contributed by atoms with Crippen LogP contribution in [-0.2, 0) is 0 Å². The average molecular weight is 174 g/mol. The van der Waals surface area contributed by atoms with Gasteiger partial charge in [-0.3, -0.25) is 4.79 Å². The van der Waals surface area contributed by atoms with Gasteiger partial charge in [0.1, 0.15) is 12.0 Å². The molecule has 1 rings (SSSR count). The summed E-state index contributed by atoms with van der Waals surface area (Å²) < 4.78 is 0. The van der Waals surface area contributed by atoms with Crippen molar-refractivity contribution in [2.75, 3.05) is 0 Å². The van der Waals surface area contributed by atoms with Crippen LogP contribution in [0.15, 0.2) is 18.6 Å². The molecule has 0 fully saturated rings. The van der Waals surface area contributed by atoms with Crippen molar-refractivity contribution >= 4 is 5.78 Å². The lowest BCUT2D eigenvalue weighted by Gasteiger charge is -1.94. The maximum absolute atomic E-state index is 11.4. The van der Waals surface area contributed by atoms with Crippen molar-refractivity contribution in [3.8, 4) is 11.8 Å². The Bertz CT molecular complexity index is 335. The first-order chi connectivity index (χ1) is 6.34. The molecule has 0 aromatic carbocycles. The minimum atomic E-state index is 0.0187. The van der Waals surface area contributed by atoms with E-state index >= 15 is 0 Å². The summed E-state index contributed by atoms with van der Waals surface area (Å²) in [5.74, 6) is 5.59. The first-order valence-electron chi connectivity index (χ1n) is 4.03. The number of hydrogen-bond acceptors (Lipinski definition) is 3. The molecule has 0 spiro atoms. The molecule has 0 unspecified atom stereocenters. The molecule has 1 heterocycles. The minimum absolute atomic E-state index is 0.0187. The predicted molar refractivity (Wildman–Crippen MR) is 49.0 cm³/mol. The molecule has 0 bridgehead atoms. The highest BCUT2D eigenvalue weighted by molar-refractivity contribution is 5.94. The molecule has 0 N–H and O–H groups in total. The molecule has 3 heteroatoms. The van der Waals surface area contributed by atoms with Crippen LogP contribution in [0.5, 0.6) is 0 Å². The molecule has 1 aromatic rings. The molecule has 0 aliphatic carbocycles. The summed E-state index contributed by atoms with van der Waals surface area (Å²) in [6.07, 6.45) is 3.96. The third kappa shape index (κ3) is 3.04. The number of nitrogens with zero attached hydrogens (tertiary/aromatic N) is 2. The van der Waals surface area contributed by atoms with Crippen LogP contribution in [-0.4, -0.2) is 15.8 Å². The van der Waals surface area contributed by atoms with Crippen LogP contribution in [0.3, 0.4) is 0 Å². The van der Waals surface area contributed by atoms with Crippen molar-refractivity contribution in [2.45, 2.75) is 19.8 Å². The third-order valence-corrected chi connectivity index (χ3v) is 1.52. The lowest BCUT2D eigenvalue weighted by Crippen LogP contribution is -2.01. The average Bonchev–Trinajstić information content (AvgIpc) is 2.19. The molecular formula is C10H10N2O. The zero-order chi connectivity index (χ0) is 9.52. The molecular weight excluding hydrogens is 164 g/mol. The Balaban J connectivity index is 2.53. The number of aromatic nitrogens is 2. The van der Waals surface area contributed by atoms with Crippen molar-refractivity contribution < 1.29 is 4.79 Å². The van der Waals surface area contributed by atoms with Crippen LogP contribution in [0.1, 0.15) is 30.3 Å². The Morgan fingerprint density at radius 1 is 1.62 bits per heavy atom. The molecule has 0 amide bonds. The number of ketones is 1. The van der Waals surface area contributed by atoms with Gasteiger partial charge in [0.15, 0.2) is 5.78 Å². The Morgan fingerprint density at radius 2 is 2.46 bits per heavy atom. The quantitative estimate of drug-likeness (QED) is 0.514. The topological polar surface area (TPSA) is 42.9 Å². The van der Waals surface area contributed by atoms with Crippen LogP contribution in [0, 0.1) is 11.8 Å². The van der Waals surface area contributed by atoms with E-state index in [1.54, 1.807) is 19.2 Å². The van der Waals surface area contributed by atoms with E-state index in [0.29, 0.717) is 18.5 Å². The second-order valence-corrected chi connectivity index (χ2v) is 2.44. The number of carbonyl (C=O) groups is 1. The number of hydrogen-bond donors (Lipinski definition) is 0. The van der Waals surface area contributed by atoms with E-state index in [2.05, 4.69) is 21.8 Å². The summed E-state index contributed by atoms with van der Waals surface area (Å²) >= 11 is 0. The van der Waals surface area contributed by atoms with Gasteiger partial charge in [-0.05, 0) is 13.0 Å². The van der Waals surface area contributed by atoms with Gasteiger partial charge < -0.3 is 0 Å². The van der Waals surface area contributed by atoms with E-state index in [1.807, 2.05) is 0 Å². The van der Waals surface area contributed by atoms with E-state index in [9.17, 15) is 4.79 Å². The standard InChI is InChI=1S/C10H10N2O/c1-2-3-4-5-10(13)9-6-7-11-8-12-9/h6-8H,4-5H2,1H3. The van der Waals surface area contributed by atoms with Crippen LogP contribution >= 0.6 is 0 Å². The summed E-state index contributed by atoms with van der Waals surface area (Å²) in [5, 5.41) is 0. The van der Waals surface area contributed by atoms with Crippen molar-refractivity contribution in [1.29, 1.82) is 0 Å². The zero-order valence-corrected chi connectivity index (χ0v) is 7.45. The summed E-state index contributed by atoms with van der Waals surface area (Å²) in [6, 6.07) is 1.61. The van der Waals surface area contributed by atoms with Crippen molar-refractivity contribution in [3.05, 3.63) is 24.3 Å². The van der Waals surface area contributed by atoms with E-state index < -0.39 is 0 Å². The smallest absolute Gasteiger partial charge is 0.182 e. The fraction of sp³-hybridized carbons (Fsp3) is 0.300. The molecule has 0 radical (unpaired) electrons. The molecule has 0 aliphatic rings.